The van der Waals surface area contributed by atoms with Crippen LogP contribution in [-0.4, -0.2) is 26.0 Å². The molecule has 24 heavy (non-hydrogen) atoms. The van der Waals surface area contributed by atoms with Gasteiger partial charge in [-0.3, -0.25) is 20.4 Å². The fourth-order valence-corrected chi connectivity index (χ4v) is 2.84. The Kier molecular flexibility index (Phi) is 6.66. The van der Waals surface area contributed by atoms with E-state index in [1.807, 2.05) is 12.1 Å². The Hall–Kier alpha value is -2.50. The minimum Gasteiger partial charge on any atom is -0.493 e. The molecule has 0 aromatic heterocycles. The maximum Gasteiger partial charge on any atom is 0.262 e. The first kappa shape index (κ1) is 17.8. The maximum absolute atomic E-state index is 12.0. The number of hydrazine groups is 1. The molecular weight excluding hydrogens is 308 g/mol. The van der Waals surface area contributed by atoms with Crippen molar-refractivity contribution in [3.05, 3.63) is 29.8 Å². The lowest BCUT2D eigenvalue weighted by Crippen LogP contribution is -2.44. The average molecular weight is 332 g/mol. The topological polar surface area (TPSA) is 76.7 Å². The van der Waals surface area contributed by atoms with Crippen LogP contribution in [0.15, 0.2) is 24.3 Å². The van der Waals surface area contributed by atoms with E-state index in [0.29, 0.717) is 17.1 Å². The summed E-state index contributed by atoms with van der Waals surface area (Å²) in [6.45, 7) is 0. The van der Waals surface area contributed by atoms with E-state index in [1.54, 1.807) is 26.4 Å². The van der Waals surface area contributed by atoms with Crippen molar-refractivity contribution in [2.24, 2.45) is 5.92 Å². The van der Waals surface area contributed by atoms with Crippen LogP contribution >= 0.6 is 0 Å². The molecule has 0 atom stereocenters. The minimum atomic E-state index is -0.399. The van der Waals surface area contributed by atoms with E-state index < -0.39 is 5.91 Å². The van der Waals surface area contributed by atoms with E-state index in [9.17, 15) is 9.59 Å². The summed E-state index contributed by atoms with van der Waals surface area (Å²) in [7, 11) is 3.10. The van der Waals surface area contributed by atoms with Gasteiger partial charge in [0.1, 0.15) is 0 Å². The molecule has 1 saturated carbocycles. The summed E-state index contributed by atoms with van der Waals surface area (Å²) in [5, 5.41) is 0. The monoisotopic (exact) mass is 332 g/mol. The number of benzene rings is 1. The molecule has 0 unspecified atom stereocenters. The molecule has 130 valence electrons. The highest BCUT2D eigenvalue weighted by atomic mass is 16.5. The molecule has 0 aliphatic heterocycles. The van der Waals surface area contributed by atoms with Crippen molar-refractivity contribution in [1.29, 1.82) is 0 Å². The molecule has 1 fully saturated rings. The molecular formula is C18H24N2O4. The molecule has 2 N–H and O–H groups in total. The molecule has 6 heteroatoms. The summed E-state index contributed by atoms with van der Waals surface area (Å²) in [4.78, 5) is 23.8. The first-order valence-corrected chi connectivity index (χ1v) is 8.14. The van der Waals surface area contributed by atoms with Crippen LogP contribution in [0.5, 0.6) is 11.5 Å². The highest BCUT2D eigenvalue weighted by molar-refractivity contribution is 5.93. The van der Waals surface area contributed by atoms with Gasteiger partial charge in [-0.2, -0.15) is 0 Å². The van der Waals surface area contributed by atoms with Crippen LogP contribution < -0.4 is 20.3 Å². The van der Waals surface area contributed by atoms with E-state index in [2.05, 4.69) is 10.9 Å². The number of nitrogens with one attached hydrogen (secondary N) is 2. The minimum absolute atomic E-state index is 0.00140. The van der Waals surface area contributed by atoms with Gasteiger partial charge < -0.3 is 9.47 Å². The maximum atomic E-state index is 12.0. The summed E-state index contributed by atoms with van der Waals surface area (Å²) >= 11 is 0. The molecule has 1 aromatic rings. The van der Waals surface area contributed by atoms with Gasteiger partial charge in [0.2, 0.25) is 5.91 Å². The number of hydrogen-bond acceptors (Lipinski definition) is 4. The largest absolute Gasteiger partial charge is 0.493 e. The summed E-state index contributed by atoms with van der Waals surface area (Å²) in [5.74, 6) is 0.627. The van der Waals surface area contributed by atoms with Crippen LogP contribution in [0.3, 0.4) is 0 Å². The Morgan fingerprint density at radius 3 is 2.50 bits per heavy atom. The van der Waals surface area contributed by atoms with Gasteiger partial charge in [-0.05, 0) is 25.0 Å². The van der Waals surface area contributed by atoms with Crippen LogP contribution in [0.2, 0.25) is 0 Å². The number of amides is 2. The van der Waals surface area contributed by atoms with Gasteiger partial charge in [-0.15, -0.1) is 0 Å². The van der Waals surface area contributed by atoms with E-state index in [1.165, 1.54) is 12.5 Å². The van der Waals surface area contributed by atoms with Crippen LogP contribution in [0.1, 0.15) is 37.7 Å². The van der Waals surface area contributed by atoms with Crippen molar-refractivity contribution in [1.82, 2.24) is 10.9 Å². The van der Waals surface area contributed by atoms with Gasteiger partial charge in [0.15, 0.2) is 11.5 Å². The van der Waals surface area contributed by atoms with E-state index in [-0.39, 0.29) is 11.8 Å². The second kappa shape index (κ2) is 8.96. The number of rotatable bonds is 5. The third-order valence-corrected chi connectivity index (χ3v) is 4.13. The van der Waals surface area contributed by atoms with Gasteiger partial charge >= 0.3 is 0 Å². The van der Waals surface area contributed by atoms with Crippen molar-refractivity contribution in [2.45, 2.75) is 32.1 Å². The molecule has 0 spiro atoms. The SMILES string of the molecule is COc1cccc(/C=C/C(=O)NNC(=O)C2CCCCC2)c1OC. The number of hydrogen-bond donors (Lipinski definition) is 2. The zero-order valence-corrected chi connectivity index (χ0v) is 14.1. The molecule has 0 radical (unpaired) electrons. The lowest BCUT2D eigenvalue weighted by molar-refractivity contribution is -0.130. The highest BCUT2D eigenvalue weighted by Gasteiger charge is 2.20. The molecule has 2 amide bonds. The molecule has 1 aliphatic carbocycles. The normalized spacial score (nSPS) is 15.1. The predicted molar refractivity (Wildman–Crippen MR) is 91.4 cm³/mol. The van der Waals surface area contributed by atoms with Crippen molar-refractivity contribution in [2.75, 3.05) is 14.2 Å². The van der Waals surface area contributed by atoms with Gasteiger partial charge in [0.05, 0.1) is 14.2 Å². The lowest BCUT2D eigenvalue weighted by atomic mass is 9.89. The molecule has 1 aromatic carbocycles. The summed E-state index contributed by atoms with van der Waals surface area (Å²) < 4.78 is 10.5. The Morgan fingerprint density at radius 1 is 1.08 bits per heavy atom. The summed E-state index contributed by atoms with van der Waals surface area (Å²) in [6, 6.07) is 5.40. The van der Waals surface area contributed by atoms with E-state index in [0.717, 1.165) is 25.7 Å². The Balaban J connectivity index is 1.90. The molecule has 0 saturated heterocycles. The first-order chi connectivity index (χ1) is 11.7. The second-order valence-corrected chi connectivity index (χ2v) is 5.73. The van der Waals surface area contributed by atoms with Gasteiger partial charge in [-0.25, -0.2) is 0 Å². The van der Waals surface area contributed by atoms with Crippen LogP contribution in [0.4, 0.5) is 0 Å². The summed E-state index contributed by atoms with van der Waals surface area (Å²) in [5.41, 5.74) is 5.63. The highest BCUT2D eigenvalue weighted by Crippen LogP contribution is 2.31. The molecule has 6 nitrogen and oxygen atoms in total. The molecule has 1 aliphatic rings. The van der Waals surface area contributed by atoms with E-state index in [4.69, 9.17) is 9.47 Å². The van der Waals surface area contributed by atoms with Crippen molar-refractivity contribution >= 4 is 17.9 Å². The zero-order valence-electron chi connectivity index (χ0n) is 14.1. The number of methoxy groups -OCH3 is 2. The quantitative estimate of drug-likeness (QED) is 0.641. The Morgan fingerprint density at radius 2 is 1.83 bits per heavy atom. The molecule has 2 rings (SSSR count). The number of carbonyl (C=O) groups excluding carboxylic acids is 2. The third-order valence-electron chi connectivity index (χ3n) is 4.13. The van der Waals surface area contributed by atoms with Crippen molar-refractivity contribution in [3.63, 3.8) is 0 Å². The van der Waals surface area contributed by atoms with Crippen LogP contribution in [0, 0.1) is 5.92 Å². The Bertz CT molecular complexity index is 607. The number of para-hydroxylation sites is 1. The van der Waals surface area contributed by atoms with Crippen LogP contribution in [0.25, 0.3) is 6.08 Å². The average Bonchev–Trinajstić information content (AvgIpc) is 2.64. The van der Waals surface area contributed by atoms with Crippen molar-refractivity contribution in [3.8, 4) is 11.5 Å². The van der Waals surface area contributed by atoms with Gasteiger partial charge in [0, 0.05) is 17.6 Å². The fourth-order valence-electron chi connectivity index (χ4n) is 2.84. The fraction of sp³-hybridized carbons (Fsp3) is 0.444. The Labute approximate surface area is 142 Å². The zero-order chi connectivity index (χ0) is 17.4. The predicted octanol–water partition coefficient (Wildman–Crippen LogP) is 2.44. The van der Waals surface area contributed by atoms with Gasteiger partial charge in [0.25, 0.3) is 5.91 Å². The standard InChI is InChI=1S/C18H24N2O4/c1-23-15-10-6-9-13(17(15)24-2)11-12-16(21)19-20-18(22)14-7-4-3-5-8-14/h6,9-12,14H,3-5,7-8H2,1-2H3,(H,19,21)(H,20,22)/b12-11+. The summed E-state index contributed by atoms with van der Waals surface area (Å²) in [6.07, 6.45) is 8.06. The molecule has 0 heterocycles. The lowest BCUT2D eigenvalue weighted by Gasteiger charge is -2.20. The number of carbonyl (C=O) groups is 2. The third kappa shape index (κ3) is 4.75. The number of ether oxygens (including phenoxy) is 2. The second-order valence-electron chi connectivity index (χ2n) is 5.73. The first-order valence-electron chi connectivity index (χ1n) is 8.14. The van der Waals surface area contributed by atoms with Crippen molar-refractivity contribution < 1.29 is 19.1 Å². The van der Waals surface area contributed by atoms with Crippen LogP contribution in [-0.2, 0) is 9.59 Å². The van der Waals surface area contributed by atoms with E-state index >= 15 is 0 Å². The van der Waals surface area contributed by atoms with Gasteiger partial charge in [-0.1, -0.05) is 31.4 Å². The molecule has 0 bridgehead atoms. The smallest absolute Gasteiger partial charge is 0.262 e.